The first-order valence-corrected chi connectivity index (χ1v) is 11.0. The molecule has 0 saturated carbocycles. The smallest absolute Gasteiger partial charge is 0.252 e. The van der Waals surface area contributed by atoms with Gasteiger partial charge >= 0.3 is 0 Å². The number of nitrogens with one attached hydrogen (secondary N) is 1. The van der Waals surface area contributed by atoms with Gasteiger partial charge < -0.3 is 10.1 Å². The third-order valence-corrected chi connectivity index (χ3v) is 5.42. The second-order valence-corrected chi connectivity index (χ2v) is 12.7. The van der Waals surface area contributed by atoms with Crippen LogP contribution in [-0.4, -0.2) is 27.2 Å². The summed E-state index contributed by atoms with van der Waals surface area (Å²) in [5.74, 6) is -0.00454. The molecule has 1 N–H and O–H groups in total. The zero-order chi connectivity index (χ0) is 14.0. The summed E-state index contributed by atoms with van der Waals surface area (Å²) in [5, 5.41) is 2.97. The molecule has 104 valence electrons. The van der Waals surface area contributed by atoms with Crippen molar-refractivity contribution in [3.8, 4) is 0 Å². The van der Waals surface area contributed by atoms with Gasteiger partial charge in [-0.2, -0.15) is 0 Å². The summed E-state index contributed by atoms with van der Waals surface area (Å²) in [5.41, 5.74) is 1.80. The van der Waals surface area contributed by atoms with Crippen LogP contribution in [0.2, 0.25) is 25.7 Å². The Morgan fingerprint density at radius 1 is 1.37 bits per heavy atom. The molecule has 19 heavy (non-hydrogen) atoms. The third kappa shape index (κ3) is 3.90. The van der Waals surface area contributed by atoms with Crippen LogP contribution in [0.15, 0.2) is 22.7 Å². The molecular formula is C14H20BrNO2Si. The summed E-state index contributed by atoms with van der Waals surface area (Å²) in [6, 6.07) is 6.98. The highest BCUT2D eigenvalue weighted by Crippen LogP contribution is 2.28. The Labute approximate surface area is 123 Å². The predicted molar refractivity (Wildman–Crippen MR) is 83.3 cm³/mol. The first-order valence-electron chi connectivity index (χ1n) is 6.55. The lowest BCUT2D eigenvalue weighted by molar-refractivity contribution is 0.0897. The minimum Gasteiger partial charge on any atom is -0.379 e. The van der Waals surface area contributed by atoms with Crippen LogP contribution in [0.1, 0.15) is 22.0 Å². The first-order chi connectivity index (χ1) is 8.87. The van der Waals surface area contributed by atoms with Crippen LogP contribution in [-0.2, 0) is 4.74 Å². The molecule has 0 radical (unpaired) electrons. The second kappa shape index (κ2) is 5.77. The van der Waals surface area contributed by atoms with Crippen molar-refractivity contribution in [3.63, 3.8) is 0 Å². The van der Waals surface area contributed by atoms with Gasteiger partial charge in [0.1, 0.15) is 0 Å². The maximum absolute atomic E-state index is 11.8. The Morgan fingerprint density at radius 3 is 2.79 bits per heavy atom. The maximum Gasteiger partial charge on any atom is 0.252 e. The van der Waals surface area contributed by atoms with Crippen molar-refractivity contribution in [3.05, 3.63) is 33.8 Å². The lowest BCUT2D eigenvalue weighted by Gasteiger charge is -2.17. The van der Waals surface area contributed by atoms with Gasteiger partial charge in [0.25, 0.3) is 5.91 Å². The molecule has 1 heterocycles. The van der Waals surface area contributed by atoms with E-state index in [4.69, 9.17) is 4.74 Å². The van der Waals surface area contributed by atoms with Gasteiger partial charge in [-0.1, -0.05) is 41.6 Å². The van der Waals surface area contributed by atoms with Crippen molar-refractivity contribution in [2.45, 2.75) is 31.7 Å². The van der Waals surface area contributed by atoms with Gasteiger partial charge in [-0.15, -0.1) is 0 Å². The van der Waals surface area contributed by atoms with Crippen LogP contribution in [0.4, 0.5) is 0 Å². The molecule has 0 aromatic heterocycles. The van der Waals surface area contributed by atoms with E-state index in [1.165, 1.54) is 0 Å². The van der Waals surface area contributed by atoms with Crippen molar-refractivity contribution in [1.29, 1.82) is 0 Å². The minimum atomic E-state index is -1.05. The highest BCUT2D eigenvalue weighted by Gasteiger charge is 2.28. The van der Waals surface area contributed by atoms with E-state index in [2.05, 4.69) is 40.9 Å². The van der Waals surface area contributed by atoms with E-state index in [1.54, 1.807) is 0 Å². The molecule has 0 saturated heterocycles. The second-order valence-electron chi connectivity index (χ2n) is 6.14. The fourth-order valence-electron chi connectivity index (χ4n) is 2.05. The molecule has 0 spiro atoms. The standard InChI is InChI=1S/C14H20BrNO2Si/c1-19(2,3)7-6-18-9-13-11-5-4-10(15)8-12(11)14(17)16-13/h4-5,8,13H,6-7,9H2,1-3H3,(H,16,17). The number of rotatable bonds is 5. The van der Waals surface area contributed by atoms with E-state index in [-0.39, 0.29) is 11.9 Å². The van der Waals surface area contributed by atoms with E-state index in [0.29, 0.717) is 6.61 Å². The molecule has 0 aliphatic carbocycles. The van der Waals surface area contributed by atoms with E-state index < -0.39 is 8.07 Å². The summed E-state index contributed by atoms with van der Waals surface area (Å²) in [6.07, 6.45) is 0. The largest absolute Gasteiger partial charge is 0.379 e. The van der Waals surface area contributed by atoms with E-state index in [9.17, 15) is 4.79 Å². The Bertz CT molecular complexity index is 485. The Kier molecular flexibility index (Phi) is 4.48. The minimum absolute atomic E-state index is 0.00256. The number of halogens is 1. The Morgan fingerprint density at radius 2 is 2.11 bits per heavy atom. The van der Waals surface area contributed by atoms with Crippen molar-refractivity contribution in [2.75, 3.05) is 13.2 Å². The van der Waals surface area contributed by atoms with Gasteiger partial charge in [-0.3, -0.25) is 4.79 Å². The lowest BCUT2D eigenvalue weighted by atomic mass is 10.1. The molecule has 0 bridgehead atoms. The molecule has 5 heteroatoms. The summed E-state index contributed by atoms with van der Waals surface area (Å²) < 4.78 is 6.67. The van der Waals surface area contributed by atoms with Crippen molar-refractivity contribution in [1.82, 2.24) is 5.32 Å². The number of fused-ring (bicyclic) bond motifs is 1. The van der Waals surface area contributed by atoms with Crippen molar-refractivity contribution in [2.24, 2.45) is 0 Å². The Balaban J connectivity index is 1.92. The van der Waals surface area contributed by atoms with Crippen molar-refractivity contribution >= 4 is 29.9 Å². The molecule has 1 aliphatic rings. The summed E-state index contributed by atoms with van der Waals surface area (Å²) in [4.78, 5) is 11.8. The van der Waals surface area contributed by atoms with E-state index in [0.717, 1.165) is 28.3 Å². The quantitative estimate of drug-likeness (QED) is 0.656. The predicted octanol–water partition coefficient (Wildman–Crippen LogP) is 3.59. The van der Waals surface area contributed by atoms with Crippen LogP contribution in [0.25, 0.3) is 0 Å². The van der Waals surface area contributed by atoms with Gasteiger partial charge in [0.05, 0.1) is 12.6 Å². The lowest BCUT2D eigenvalue weighted by Crippen LogP contribution is -2.25. The van der Waals surface area contributed by atoms with E-state index >= 15 is 0 Å². The molecular weight excluding hydrogens is 322 g/mol. The third-order valence-electron chi connectivity index (χ3n) is 3.22. The van der Waals surface area contributed by atoms with Gasteiger partial charge in [-0.05, 0) is 23.7 Å². The molecule has 1 amide bonds. The number of carbonyl (C=O) groups is 1. The number of amides is 1. The SMILES string of the molecule is C[Si](C)(C)CCOCC1NC(=O)c2cc(Br)ccc21. The Hall–Kier alpha value is -0.653. The topological polar surface area (TPSA) is 38.3 Å². The highest BCUT2D eigenvalue weighted by atomic mass is 79.9. The number of hydrogen-bond acceptors (Lipinski definition) is 2. The van der Waals surface area contributed by atoms with Gasteiger partial charge in [-0.25, -0.2) is 0 Å². The van der Waals surface area contributed by atoms with Gasteiger partial charge in [0, 0.05) is 24.7 Å². The van der Waals surface area contributed by atoms with Crippen LogP contribution < -0.4 is 5.32 Å². The number of ether oxygens (including phenoxy) is 1. The molecule has 2 rings (SSSR count). The molecule has 1 unspecified atom stereocenters. The highest BCUT2D eigenvalue weighted by molar-refractivity contribution is 9.10. The van der Waals surface area contributed by atoms with Crippen LogP contribution >= 0.6 is 15.9 Å². The van der Waals surface area contributed by atoms with Crippen molar-refractivity contribution < 1.29 is 9.53 Å². The zero-order valence-electron chi connectivity index (χ0n) is 11.6. The summed E-state index contributed by atoms with van der Waals surface area (Å²) in [6.45, 7) is 8.35. The number of hydrogen-bond donors (Lipinski definition) is 1. The van der Waals surface area contributed by atoms with Crippen LogP contribution in [0, 0.1) is 0 Å². The molecule has 3 nitrogen and oxygen atoms in total. The number of carbonyl (C=O) groups excluding carboxylic acids is 1. The molecule has 1 aromatic carbocycles. The average Bonchev–Trinajstić information content (AvgIpc) is 2.60. The zero-order valence-corrected chi connectivity index (χ0v) is 14.2. The van der Waals surface area contributed by atoms with Crippen LogP contribution in [0.3, 0.4) is 0 Å². The number of benzene rings is 1. The van der Waals surface area contributed by atoms with Gasteiger partial charge in [0.15, 0.2) is 0 Å². The first kappa shape index (κ1) is 14.7. The molecule has 1 aromatic rings. The fraction of sp³-hybridized carbons (Fsp3) is 0.500. The molecule has 0 fully saturated rings. The van der Waals surface area contributed by atoms with Gasteiger partial charge in [0.2, 0.25) is 0 Å². The fourth-order valence-corrected chi connectivity index (χ4v) is 3.17. The summed E-state index contributed by atoms with van der Waals surface area (Å²) >= 11 is 3.39. The van der Waals surface area contributed by atoms with E-state index in [1.807, 2.05) is 18.2 Å². The van der Waals surface area contributed by atoms with Crippen LogP contribution in [0.5, 0.6) is 0 Å². The monoisotopic (exact) mass is 341 g/mol. The molecule has 1 aliphatic heterocycles. The average molecular weight is 342 g/mol. The molecule has 1 atom stereocenters. The summed E-state index contributed by atoms with van der Waals surface area (Å²) in [7, 11) is -1.05. The normalized spacial score (nSPS) is 18.3. The maximum atomic E-state index is 11.8.